The molecule has 0 saturated heterocycles. The molecular formula is C26H22N2O3. The first kappa shape index (κ1) is 20.2. The van der Waals surface area contributed by atoms with E-state index < -0.39 is 0 Å². The lowest BCUT2D eigenvalue weighted by Gasteiger charge is -2.19. The van der Waals surface area contributed by atoms with Crippen molar-refractivity contribution < 1.29 is 14.3 Å². The highest BCUT2D eigenvalue weighted by molar-refractivity contribution is 6.08. The third kappa shape index (κ3) is 5.08. The van der Waals surface area contributed by atoms with Gasteiger partial charge in [-0.25, -0.2) is 0 Å². The van der Waals surface area contributed by atoms with E-state index in [9.17, 15) is 9.59 Å². The number of para-hydroxylation sites is 2. The normalized spacial score (nSPS) is 14.1. The van der Waals surface area contributed by atoms with Crippen LogP contribution in [-0.4, -0.2) is 11.8 Å². The van der Waals surface area contributed by atoms with Crippen molar-refractivity contribution in [2.75, 3.05) is 10.6 Å². The van der Waals surface area contributed by atoms with Gasteiger partial charge in [-0.15, -0.1) is 0 Å². The predicted octanol–water partition coefficient (Wildman–Crippen LogP) is 5.33. The van der Waals surface area contributed by atoms with Gasteiger partial charge in [0.15, 0.2) is 11.5 Å². The SMILES string of the molecule is Cc1cc(C)cc(NC(=O)/C=C/c2cccc(/C=C3\Oc4ccccc4NC3=O)c2)c1. The highest BCUT2D eigenvalue weighted by Gasteiger charge is 2.21. The number of carbonyl (C=O) groups is 2. The van der Waals surface area contributed by atoms with Gasteiger partial charge in [0, 0.05) is 11.8 Å². The third-order valence-electron chi connectivity index (χ3n) is 4.70. The molecule has 0 saturated carbocycles. The van der Waals surface area contributed by atoms with Gasteiger partial charge in [-0.05, 0) is 78.6 Å². The van der Waals surface area contributed by atoms with Crippen LogP contribution in [0, 0.1) is 13.8 Å². The standard InChI is InChI=1S/C26H22N2O3/c1-17-12-18(2)14-21(13-17)27-25(29)11-10-19-6-5-7-20(15-19)16-24-26(30)28-22-8-3-4-9-23(22)31-24/h3-16H,1-2H3,(H,27,29)(H,28,30)/b11-10+,24-16-. The number of amides is 2. The number of aryl methyl sites for hydroxylation is 2. The summed E-state index contributed by atoms with van der Waals surface area (Å²) >= 11 is 0. The third-order valence-corrected chi connectivity index (χ3v) is 4.70. The molecule has 0 bridgehead atoms. The number of fused-ring (bicyclic) bond motifs is 1. The summed E-state index contributed by atoms with van der Waals surface area (Å²) in [6.07, 6.45) is 4.90. The minimum Gasteiger partial charge on any atom is -0.449 e. The monoisotopic (exact) mass is 410 g/mol. The van der Waals surface area contributed by atoms with Gasteiger partial charge in [0.2, 0.25) is 5.91 Å². The van der Waals surface area contributed by atoms with Crippen molar-refractivity contribution in [2.24, 2.45) is 0 Å². The summed E-state index contributed by atoms with van der Waals surface area (Å²) in [5.41, 5.74) is 5.23. The number of hydrogen-bond acceptors (Lipinski definition) is 3. The lowest BCUT2D eigenvalue weighted by Crippen LogP contribution is -2.23. The van der Waals surface area contributed by atoms with E-state index >= 15 is 0 Å². The lowest BCUT2D eigenvalue weighted by atomic mass is 10.1. The molecule has 0 radical (unpaired) electrons. The second kappa shape index (κ2) is 8.71. The molecule has 5 nitrogen and oxygen atoms in total. The van der Waals surface area contributed by atoms with Crippen LogP contribution in [0.1, 0.15) is 22.3 Å². The number of ether oxygens (including phenoxy) is 1. The first-order valence-corrected chi connectivity index (χ1v) is 9.94. The minimum absolute atomic E-state index is 0.208. The second-order valence-electron chi connectivity index (χ2n) is 7.43. The Labute approximate surface area is 181 Å². The van der Waals surface area contributed by atoms with E-state index in [2.05, 4.69) is 16.7 Å². The molecule has 0 fully saturated rings. The topological polar surface area (TPSA) is 67.4 Å². The largest absolute Gasteiger partial charge is 0.449 e. The maximum Gasteiger partial charge on any atom is 0.291 e. The number of nitrogens with one attached hydrogen (secondary N) is 2. The van der Waals surface area contributed by atoms with Gasteiger partial charge < -0.3 is 15.4 Å². The van der Waals surface area contributed by atoms with Crippen LogP contribution in [0.5, 0.6) is 5.75 Å². The van der Waals surface area contributed by atoms with Crippen LogP contribution in [0.2, 0.25) is 0 Å². The van der Waals surface area contributed by atoms with Gasteiger partial charge in [0.05, 0.1) is 5.69 Å². The summed E-state index contributed by atoms with van der Waals surface area (Å²) in [5.74, 6) is 0.313. The zero-order chi connectivity index (χ0) is 21.8. The first-order valence-electron chi connectivity index (χ1n) is 9.94. The number of hydrogen-bond donors (Lipinski definition) is 2. The molecule has 1 aliphatic rings. The van der Waals surface area contributed by atoms with Crippen molar-refractivity contribution in [1.29, 1.82) is 0 Å². The summed E-state index contributed by atoms with van der Waals surface area (Å²) in [5, 5.41) is 5.70. The molecule has 0 spiro atoms. The average molecular weight is 410 g/mol. The summed E-state index contributed by atoms with van der Waals surface area (Å²) in [7, 11) is 0. The maximum atomic E-state index is 12.3. The molecule has 0 unspecified atom stereocenters. The number of anilines is 2. The van der Waals surface area contributed by atoms with E-state index in [1.807, 2.05) is 62.4 Å². The van der Waals surface area contributed by atoms with Gasteiger partial charge in [-0.2, -0.15) is 0 Å². The molecule has 31 heavy (non-hydrogen) atoms. The number of carbonyl (C=O) groups excluding carboxylic acids is 2. The van der Waals surface area contributed by atoms with E-state index in [0.29, 0.717) is 11.4 Å². The van der Waals surface area contributed by atoms with Crippen LogP contribution in [0.4, 0.5) is 11.4 Å². The molecule has 3 aromatic carbocycles. The Bertz CT molecular complexity index is 1200. The highest BCUT2D eigenvalue weighted by atomic mass is 16.5. The van der Waals surface area contributed by atoms with Crippen molar-refractivity contribution >= 4 is 35.3 Å². The molecule has 5 heteroatoms. The molecular weight excluding hydrogens is 388 g/mol. The smallest absolute Gasteiger partial charge is 0.291 e. The Morgan fingerprint density at radius 3 is 2.48 bits per heavy atom. The van der Waals surface area contributed by atoms with Crippen molar-refractivity contribution in [1.82, 2.24) is 0 Å². The van der Waals surface area contributed by atoms with Crippen molar-refractivity contribution in [3.8, 4) is 5.75 Å². The summed E-state index contributed by atoms with van der Waals surface area (Å²) in [4.78, 5) is 24.6. The fourth-order valence-electron chi connectivity index (χ4n) is 3.41. The second-order valence-corrected chi connectivity index (χ2v) is 7.43. The zero-order valence-electron chi connectivity index (χ0n) is 17.3. The molecule has 4 rings (SSSR count). The molecule has 1 aliphatic heterocycles. The first-order chi connectivity index (χ1) is 15.0. The van der Waals surface area contributed by atoms with E-state index in [1.165, 1.54) is 6.08 Å². The lowest BCUT2D eigenvalue weighted by molar-refractivity contribution is -0.115. The van der Waals surface area contributed by atoms with Crippen LogP contribution < -0.4 is 15.4 Å². The molecule has 2 N–H and O–H groups in total. The Morgan fingerprint density at radius 2 is 1.68 bits per heavy atom. The Morgan fingerprint density at radius 1 is 0.935 bits per heavy atom. The van der Waals surface area contributed by atoms with Crippen LogP contribution in [-0.2, 0) is 9.59 Å². The van der Waals surface area contributed by atoms with Gasteiger partial charge in [-0.3, -0.25) is 9.59 Å². The van der Waals surface area contributed by atoms with Gasteiger partial charge in [0.25, 0.3) is 5.91 Å². The van der Waals surface area contributed by atoms with Crippen LogP contribution >= 0.6 is 0 Å². The Balaban J connectivity index is 1.47. The van der Waals surface area contributed by atoms with Crippen LogP contribution in [0.15, 0.2) is 78.6 Å². The van der Waals surface area contributed by atoms with Gasteiger partial charge in [0.1, 0.15) is 0 Å². The van der Waals surface area contributed by atoms with E-state index in [0.717, 1.165) is 27.9 Å². The van der Waals surface area contributed by atoms with Crippen LogP contribution in [0.3, 0.4) is 0 Å². The van der Waals surface area contributed by atoms with Crippen molar-refractivity contribution in [2.45, 2.75) is 13.8 Å². The van der Waals surface area contributed by atoms with E-state index in [4.69, 9.17) is 4.74 Å². The van der Waals surface area contributed by atoms with E-state index in [1.54, 1.807) is 24.3 Å². The molecule has 1 heterocycles. The number of rotatable bonds is 4. The fourth-order valence-corrected chi connectivity index (χ4v) is 3.41. The maximum absolute atomic E-state index is 12.3. The molecule has 0 atom stereocenters. The Hall–Kier alpha value is -4.12. The summed E-state index contributed by atoms with van der Waals surface area (Å²) in [6, 6.07) is 20.7. The van der Waals surface area contributed by atoms with Gasteiger partial charge >= 0.3 is 0 Å². The highest BCUT2D eigenvalue weighted by Crippen LogP contribution is 2.30. The fraction of sp³-hybridized carbons (Fsp3) is 0.0769. The van der Waals surface area contributed by atoms with Crippen molar-refractivity contribution in [3.05, 3.63) is 101 Å². The quantitative estimate of drug-likeness (QED) is 0.572. The summed E-state index contributed by atoms with van der Waals surface area (Å²) < 4.78 is 5.74. The van der Waals surface area contributed by atoms with E-state index in [-0.39, 0.29) is 17.6 Å². The minimum atomic E-state index is -0.299. The number of benzene rings is 3. The average Bonchev–Trinajstić information content (AvgIpc) is 2.72. The Kier molecular flexibility index (Phi) is 5.67. The van der Waals surface area contributed by atoms with Gasteiger partial charge in [-0.1, -0.05) is 36.4 Å². The molecule has 2 amide bonds. The molecule has 0 aliphatic carbocycles. The zero-order valence-corrected chi connectivity index (χ0v) is 17.3. The van der Waals surface area contributed by atoms with Crippen LogP contribution in [0.25, 0.3) is 12.2 Å². The molecule has 154 valence electrons. The predicted molar refractivity (Wildman–Crippen MR) is 124 cm³/mol. The van der Waals surface area contributed by atoms with Crippen molar-refractivity contribution in [3.63, 3.8) is 0 Å². The molecule has 0 aromatic heterocycles. The molecule has 3 aromatic rings. The summed E-state index contributed by atoms with van der Waals surface area (Å²) in [6.45, 7) is 3.99.